The highest BCUT2D eigenvalue weighted by Gasteiger charge is 2.32. The molecule has 3 nitrogen and oxygen atoms in total. The smallest absolute Gasteiger partial charge is 0.223 e. The molecule has 1 heterocycles. The molecule has 3 heteroatoms. The van der Waals surface area contributed by atoms with Crippen molar-refractivity contribution >= 4 is 5.91 Å². The van der Waals surface area contributed by atoms with Crippen molar-refractivity contribution in [1.82, 2.24) is 10.6 Å². The second kappa shape index (κ2) is 6.74. The number of amides is 1. The molecule has 1 unspecified atom stereocenters. The molecule has 110 valence electrons. The van der Waals surface area contributed by atoms with E-state index in [9.17, 15) is 4.79 Å². The monoisotopic (exact) mass is 266 g/mol. The van der Waals surface area contributed by atoms with Gasteiger partial charge in [0.2, 0.25) is 5.91 Å². The zero-order valence-electron chi connectivity index (χ0n) is 12.6. The summed E-state index contributed by atoms with van der Waals surface area (Å²) in [5.74, 6) is 0.569. The van der Waals surface area contributed by atoms with Gasteiger partial charge >= 0.3 is 0 Å². The van der Waals surface area contributed by atoms with Crippen molar-refractivity contribution in [2.24, 2.45) is 11.3 Å². The summed E-state index contributed by atoms with van der Waals surface area (Å²) in [4.78, 5) is 12.3. The third-order valence-corrected chi connectivity index (χ3v) is 5.04. The largest absolute Gasteiger partial charge is 0.354 e. The van der Waals surface area contributed by atoms with Gasteiger partial charge in [0.15, 0.2) is 0 Å². The molecule has 1 amide bonds. The van der Waals surface area contributed by atoms with Crippen LogP contribution in [0.2, 0.25) is 0 Å². The van der Waals surface area contributed by atoms with E-state index in [-0.39, 0.29) is 5.92 Å². The van der Waals surface area contributed by atoms with Crippen LogP contribution in [0.4, 0.5) is 0 Å². The van der Waals surface area contributed by atoms with Crippen LogP contribution in [0.25, 0.3) is 0 Å². The van der Waals surface area contributed by atoms with Gasteiger partial charge in [-0.05, 0) is 37.6 Å². The summed E-state index contributed by atoms with van der Waals surface area (Å²) < 4.78 is 0. The van der Waals surface area contributed by atoms with E-state index >= 15 is 0 Å². The van der Waals surface area contributed by atoms with Crippen LogP contribution in [-0.4, -0.2) is 25.0 Å². The van der Waals surface area contributed by atoms with Crippen LogP contribution in [0.5, 0.6) is 0 Å². The van der Waals surface area contributed by atoms with E-state index in [0.717, 1.165) is 25.9 Å². The normalized spacial score (nSPS) is 28.6. The fraction of sp³-hybridized carbons (Fsp3) is 0.938. The molecule has 1 aliphatic carbocycles. The molecule has 1 aliphatic heterocycles. The van der Waals surface area contributed by atoms with E-state index in [4.69, 9.17) is 0 Å². The van der Waals surface area contributed by atoms with Gasteiger partial charge in [-0.25, -0.2) is 0 Å². The van der Waals surface area contributed by atoms with Crippen molar-refractivity contribution in [3.05, 3.63) is 0 Å². The van der Waals surface area contributed by atoms with Crippen LogP contribution in [0.3, 0.4) is 0 Å². The minimum atomic E-state index is 0.272. The molecule has 0 radical (unpaired) electrons. The number of rotatable bonds is 3. The summed E-state index contributed by atoms with van der Waals surface area (Å²) in [6.45, 7) is 6.50. The predicted octanol–water partition coefficient (Wildman–Crippen LogP) is 2.85. The fourth-order valence-electron chi connectivity index (χ4n) is 3.51. The first-order chi connectivity index (χ1) is 9.09. The lowest BCUT2D eigenvalue weighted by atomic mass is 9.77. The fourth-order valence-corrected chi connectivity index (χ4v) is 3.51. The summed E-state index contributed by atoms with van der Waals surface area (Å²) in [5.41, 5.74) is 0.301. The summed E-state index contributed by atoms with van der Waals surface area (Å²) in [6.07, 6.45) is 9.75. The van der Waals surface area contributed by atoms with Crippen LogP contribution in [0.1, 0.15) is 65.2 Å². The van der Waals surface area contributed by atoms with Gasteiger partial charge in [-0.1, -0.05) is 39.5 Å². The molecule has 2 aliphatic rings. The Balaban J connectivity index is 1.78. The van der Waals surface area contributed by atoms with E-state index < -0.39 is 0 Å². The van der Waals surface area contributed by atoms with Gasteiger partial charge in [0.25, 0.3) is 0 Å². The average molecular weight is 266 g/mol. The van der Waals surface area contributed by atoms with Crippen molar-refractivity contribution in [3.8, 4) is 0 Å². The predicted molar refractivity (Wildman–Crippen MR) is 79.0 cm³/mol. The van der Waals surface area contributed by atoms with Gasteiger partial charge < -0.3 is 10.6 Å². The molecule has 2 fully saturated rings. The molecule has 2 rings (SSSR count). The van der Waals surface area contributed by atoms with Crippen molar-refractivity contribution in [3.63, 3.8) is 0 Å². The maximum atomic E-state index is 12.3. The molecule has 1 saturated carbocycles. The molecule has 1 atom stereocenters. The van der Waals surface area contributed by atoms with Gasteiger partial charge in [-0.3, -0.25) is 4.79 Å². The Morgan fingerprint density at radius 2 is 1.84 bits per heavy atom. The number of carbonyl (C=O) groups excluding carboxylic acids is 1. The first kappa shape index (κ1) is 14.8. The van der Waals surface area contributed by atoms with E-state index in [2.05, 4.69) is 24.5 Å². The quantitative estimate of drug-likeness (QED) is 0.771. The molecule has 0 aromatic carbocycles. The zero-order chi connectivity index (χ0) is 13.7. The van der Waals surface area contributed by atoms with Crippen molar-refractivity contribution in [2.75, 3.05) is 13.1 Å². The standard InChI is InChI=1S/C16H30N2O/c1-16(2)10-7-11-17-14(16)12-18-15(19)13-8-5-3-4-6-9-13/h13-14,17H,3-12H2,1-2H3,(H,18,19). The molecular weight excluding hydrogens is 236 g/mol. The summed E-state index contributed by atoms with van der Waals surface area (Å²) >= 11 is 0. The van der Waals surface area contributed by atoms with E-state index in [1.54, 1.807) is 0 Å². The highest BCUT2D eigenvalue weighted by atomic mass is 16.1. The topological polar surface area (TPSA) is 41.1 Å². The Kier molecular flexibility index (Phi) is 5.26. The second-order valence-electron chi connectivity index (χ2n) is 7.03. The minimum Gasteiger partial charge on any atom is -0.354 e. The number of piperidine rings is 1. The first-order valence-corrected chi connectivity index (χ1v) is 8.11. The molecule has 0 aromatic heterocycles. The summed E-state index contributed by atoms with van der Waals surface area (Å²) in [5, 5.41) is 6.77. The molecule has 0 bridgehead atoms. The van der Waals surface area contributed by atoms with E-state index in [0.29, 0.717) is 17.4 Å². The lowest BCUT2D eigenvalue weighted by Gasteiger charge is -2.39. The molecule has 0 spiro atoms. The van der Waals surface area contributed by atoms with E-state index in [1.165, 1.54) is 38.5 Å². The lowest BCUT2D eigenvalue weighted by molar-refractivity contribution is -0.125. The van der Waals surface area contributed by atoms with Crippen molar-refractivity contribution in [2.45, 2.75) is 71.3 Å². The van der Waals surface area contributed by atoms with Gasteiger partial charge in [0.1, 0.15) is 0 Å². The SMILES string of the molecule is CC1(C)CCCNC1CNC(=O)C1CCCCCC1. The molecule has 19 heavy (non-hydrogen) atoms. The molecular formula is C16H30N2O. The lowest BCUT2D eigenvalue weighted by Crippen LogP contribution is -2.53. The second-order valence-corrected chi connectivity index (χ2v) is 7.03. The average Bonchev–Trinajstić information content (AvgIpc) is 2.65. The Morgan fingerprint density at radius 1 is 1.16 bits per heavy atom. The molecule has 1 saturated heterocycles. The Hall–Kier alpha value is -0.570. The highest BCUT2D eigenvalue weighted by Crippen LogP contribution is 2.30. The first-order valence-electron chi connectivity index (χ1n) is 8.11. The minimum absolute atomic E-state index is 0.272. The van der Waals surface area contributed by atoms with Crippen molar-refractivity contribution < 1.29 is 4.79 Å². The van der Waals surface area contributed by atoms with Gasteiger partial charge in [-0.2, -0.15) is 0 Å². The maximum Gasteiger partial charge on any atom is 0.223 e. The molecule has 0 aromatic rings. The van der Waals surface area contributed by atoms with Crippen LogP contribution >= 0.6 is 0 Å². The Morgan fingerprint density at radius 3 is 2.47 bits per heavy atom. The van der Waals surface area contributed by atoms with Crippen LogP contribution in [-0.2, 0) is 4.79 Å². The van der Waals surface area contributed by atoms with Gasteiger partial charge in [-0.15, -0.1) is 0 Å². The van der Waals surface area contributed by atoms with Crippen LogP contribution < -0.4 is 10.6 Å². The number of hydrogen-bond acceptors (Lipinski definition) is 2. The number of carbonyl (C=O) groups is 1. The van der Waals surface area contributed by atoms with Gasteiger partial charge in [0.05, 0.1) is 0 Å². The van der Waals surface area contributed by atoms with Gasteiger partial charge in [0, 0.05) is 18.5 Å². The molecule has 2 N–H and O–H groups in total. The maximum absolute atomic E-state index is 12.3. The Bertz CT molecular complexity index is 293. The third kappa shape index (κ3) is 4.20. The summed E-state index contributed by atoms with van der Waals surface area (Å²) in [7, 11) is 0. The zero-order valence-corrected chi connectivity index (χ0v) is 12.6. The Labute approximate surface area is 117 Å². The number of hydrogen-bond donors (Lipinski definition) is 2. The van der Waals surface area contributed by atoms with Crippen LogP contribution in [0, 0.1) is 11.3 Å². The van der Waals surface area contributed by atoms with Crippen LogP contribution in [0.15, 0.2) is 0 Å². The van der Waals surface area contributed by atoms with E-state index in [1.807, 2.05) is 0 Å². The summed E-state index contributed by atoms with van der Waals surface area (Å²) in [6, 6.07) is 0.427. The van der Waals surface area contributed by atoms with Crippen molar-refractivity contribution in [1.29, 1.82) is 0 Å². The third-order valence-electron chi connectivity index (χ3n) is 5.04. The highest BCUT2D eigenvalue weighted by molar-refractivity contribution is 5.78. The number of nitrogens with one attached hydrogen (secondary N) is 2.